The average Bonchev–Trinajstić information content (AvgIpc) is 2.59. The third-order valence-electron chi connectivity index (χ3n) is 1.97. The summed E-state index contributed by atoms with van der Waals surface area (Å²) in [6.45, 7) is 3.02. The molecule has 3 N–H and O–H groups in total. The molecule has 70 valence electrons. The zero-order chi connectivity index (χ0) is 8.81. The van der Waals surface area contributed by atoms with Crippen LogP contribution in [0.4, 0.5) is 0 Å². The van der Waals surface area contributed by atoms with Gasteiger partial charge in [0.15, 0.2) is 0 Å². The van der Waals surface area contributed by atoms with Crippen molar-refractivity contribution in [1.82, 2.24) is 5.43 Å². The van der Waals surface area contributed by atoms with Crippen molar-refractivity contribution in [3.63, 3.8) is 0 Å². The van der Waals surface area contributed by atoms with Crippen LogP contribution in [0.1, 0.15) is 19.8 Å². The number of aliphatic imine (C=N–C) groups is 1. The van der Waals surface area contributed by atoms with Crippen LogP contribution in [0.15, 0.2) is 4.99 Å². The molecule has 0 saturated carbocycles. The third-order valence-corrected chi connectivity index (χ3v) is 3.13. The number of hydrogen-bond acceptors (Lipinski definition) is 3. The van der Waals surface area contributed by atoms with Crippen LogP contribution in [0.5, 0.6) is 0 Å². The number of nitrogens with zero attached hydrogens (tertiary/aromatic N) is 1. The van der Waals surface area contributed by atoms with Gasteiger partial charge in [0.1, 0.15) is 5.84 Å². The standard InChI is InChI=1S/C8H17N3S/c1-2-4-10-8(11-9)7-3-5-12-6-7/h7H,2-6,9H2,1H3,(H,10,11). The second-order valence-electron chi connectivity index (χ2n) is 2.97. The van der Waals surface area contributed by atoms with Crippen molar-refractivity contribution in [3.05, 3.63) is 0 Å². The van der Waals surface area contributed by atoms with Gasteiger partial charge in [-0.3, -0.25) is 4.99 Å². The van der Waals surface area contributed by atoms with Crippen molar-refractivity contribution in [2.24, 2.45) is 16.8 Å². The van der Waals surface area contributed by atoms with E-state index in [-0.39, 0.29) is 0 Å². The first kappa shape index (κ1) is 9.86. The van der Waals surface area contributed by atoms with Crippen molar-refractivity contribution < 1.29 is 0 Å². The Balaban J connectivity index is 2.42. The molecule has 1 heterocycles. The van der Waals surface area contributed by atoms with Crippen LogP contribution in [-0.4, -0.2) is 23.9 Å². The molecule has 0 bridgehead atoms. The lowest BCUT2D eigenvalue weighted by Crippen LogP contribution is -2.36. The van der Waals surface area contributed by atoms with Crippen molar-refractivity contribution in [2.45, 2.75) is 19.8 Å². The molecule has 1 aliphatic rings. The fraction of sp³-hybridized carbons (Fsp3) is 0.875. The Labute approximate surface area is 78.2 Å². The molecule has 12 heavy (non-hydrogen) atoms. The molecule has 3 nitrogen and oxygen atoms in total. The van der Waals surface area contributed by atoms with Gasteiger partial charge in [-0.25, -0.2) is 5.84 Å². The van der Waals surface area contributed by atoms with E-state index in [1.54, 1.807) is 0 Å². The van der Waals surface area contributed by atoms with Gasteiger partial charge in [-0.05, 0) is 18.6 Å². The second kappa shape index (κ2) is 5.43. The lowest BCUT2D eigenvalue weighted by Gasteiger charge is -2.11. The van der Waals surface area contributed by atoms with E-state index in [4.69, 9.17) is 5.84 Å². The summed E-state index contributed by atoms with van der Waals surface area (Å²) in [7, 11) is 0. The highest BCUT2D eigenvalue weighted by Gasteiger charge is 2.20. The number of nitrogens with two attached hydrogens (primary N) is 1. The predicted molar refractivity (Wildman–Crippen MR) is 55.3 cm³/mol. The molecule has 1 unspecified atom stereocenters. The van der Waals surface area contributed by atoms with Gasteiger partial charge >= 0.3 is 0 Å². The Morgan fingerprint density at radius 2 is 2.58 bits per heavy atom. The molecule has 0 aliphatic carbocycles. The van der Waals surface area contributed by atoms with Crippen molar-refractivity contribution >= 4 is 17.6 Å². The van der Waals surface area contributed by atoms with Crippen LogP contribution < -0.4 is 11.3 Å². The van der Waals surface area contributed by atoms with Crippen LogP contribution in [0.3, 0.4) is 0 Å². The van der Waals surface area contributed by atoms with Crippen LogP contribution in [-0.2, 0) is 0 Å². The number of amidine groups is 1. The van der Waals surface area contributed by atoms with E-state index in [1.165, 1.54) is 17.9 Å². The van der Waals surface area contributed by atoms with Crippen LogP contribution >= 0.6 is 11.8 Å². The smallest absolute Gasteiger partial charge is 0.114 e. The molecule has 0 spiro atoms. The first-order valence-electron chi connectivity index (χ1n) is 4.47. The van der Waals surface area contributed by atoms with E-state index in [1.807, 2.05) is 11.8 Å². The molecule has 0 aromatic carbocycles. The van der Waals surface area contributed by atoms with E-state index in [9.17, 15) is 0 Å². The largest absolute Gasteiger partial charge is 0.312 e. The Morgan fingerprint density at radius 1 is 1.75 bits per heavy atom. The normalized spacial score (nSPS) is 24.5. The molecular weight excluding hydrogens is 170 g/mol. The van der Waals surface area contributed by atoms with Gasteiger partial charge in [-0.1, -0.05) is 6.92 Å². The minimum absolute atomic E-state index is 0.576. The third kappa shape index (κ3) is 2.68. The molecule has 0 amide bonds. The Kier molecular flexibility index (Phi) is 4.46. The maximum atomic E-state index is 5.40. The molecular formula is C8H17N3S. The predicted octanol–water partition coefficient (Wildman–Crippen LogP) is 1.01. The highest BCUT2D eigenvalue weighted by Crippen LogP contribution is 2.23. The van der Waals surface area contributed by atoms with E-state index in [2.05, 4.69) is 17.3 Å². The fourth-order valence-electron chi connectivity index (χ4n) is 1.28. The Bertz CT molecular complexity index is 152. The molecule has 1 saturated heterocycles. The first-order valence-corrected chi connectivity index (χ1v) is 5.62. The number of hydrogen-bond donors (Lipinski definition) is 2. The van der Waals surface area contributed by atoms with Gasteiger partial charge in [0.25, 0.3) is 0 Å². The van der Waals surface area contributed by atoms with Gasteiger partial charge in [0, 0.05) is 18.2 Å². The zero-order valence-electron chi connectivity index (χ0n) is 7.55. The average molecular weight is 187 g/mol. The van der Waals surface area contributed by atoms with Gasteiger partial charge in [0.05, 0.1) is 0 Å². The molecule has 0 radical (unpaired) electrons. The summed E-state index contributed by atoms with van der Waals surface area (Å²) >= 11 is 1.98. The monoisotopic (exact) mass is 187 g/mol. The molecule has 4 heteroatoms. The maximum Gasteiger partial charge on any atom is 0.114 e. The maximum absolute atomic E-state index is 5.40. The quantitative estimate of drug-likeness (QED) is 0.300. The van der Waals surface area contributed by atoms with Gasteiger partial charge < -0.3 is 5.43 Å². The summed E-state index contributed by atoms with van der Waals surface area (Å²) in [5, 5.41) is 0. The van der Waals surface area contributed by atoms with Crippen molar-refractivity contribution in [2.75, 3.05) is 18.1 Å². The minimum atomic E-state index is 0.576. The SMILES string of the molecule is CCCN=C(NN)C1CCSC1. The van der Waals surface area contributed by atoms with Crippen LogP contribution in [0.2, 0.25) is 0 Å². The molecule has 1 rings (SSSR count). The van der Waals surface area contributed by atoms with E-state index < -0.39 is 0 Å². The van der Waals surface area contributed by atoms with Crippen molar-refractivity contribution in [1.29, 1.82) is 0 Å². The van der Waals surface area contributed by atoms with Gasteiger partial charge in [0.2, 0.25) is 0 Å². The van der Waals surface area contributed by atoms with E-state index in [0.29, 0.717) is 5.92 Å². The Morgan fingerprint density at radius 3 is 3.08 bits per heavy atom. The number of rotatable bonds is 3. The van der Waals surface area contributed by atoms with E-state index in [0.717, 1.165) is 18.8 Å². The summed E-state index contributed by atoms with van der Waals surface area (Å²) in [6.07, 6.45) is 2.31. The van der Waals surface area contributed by atoms with Crippen molar-refractivity contribution in [3.8, 4) is 0 Å². The van der Waals surface area contributed by atoms with Crippen LogP contribution in [0, 0.1) is 5.92 Å². The van der Waals surface area contributed by atoms with Gasteiger partial charge in [-0.2, -0.15) is 11.8 Å². The Hall–Kier alpha value is -0.220. The highest BCUT2D eigenvalue weighted by atomic mass is 32.2. The topological polar surface area (TPSA) is 50.4 Å². The van der Waals surface area contributed by atoms with Gasteiger partial charge in [-0.15, -0.1) is 0 Å². The second-order valence-corrected chi connectivity index (χ2v) is 4.12. The summed E-state index contributed by atoms with van der Waals surface area (Å²) in [5.74, 6) is 9.40. The molecule has 0 aromatic rings. The summed E-state index contributed by atoms with van der Waals surface area (Å²) in [6, 6.07) is 0. The zero-order valence-corrected chi connectivity index (χ0v) is 8.36. The first-order chi connectivity index (χ1) is 5.88. The van der Waals surface area contributed by atoms with Crippen LogP contribution in [0.25, 0.3) is 0 Å². The minimum Gasteiger partial charge on any atom is -0.312 e. The fourth-order valence-corrected chi connectivity index (χ4v) is 2.50. The lowest BCUT2D eigenvalue weighted by atomic mass is 10.1. The highest BCUT2D eigenvalue weighted by molar-refractivity contribution is 7.99. The number of nitrogens with one attached hydrogen (secondary N) is 1. The summed E-state index contributed by atoms with van der Waals surface area (Å²) < 4.78 is 0. The van der Waals surface area contributed by atoms with E-state index >= 15 is 0 Å². The molecule has 1 atom stereocenters. The molecule has 1 aliphatic heterocycles. The molecule has 1 fully saturated rings. The number of hydrazine groups is 1. The molecule has 0 aromatic heterocycles. The summed E-state index contributed by atoms with van der Waals surface area (Å²) in [5.41, 5.74) is 2.72. The summed E-state index contributed by atoms with van der Waals surface area (Å²) in [4.78, 5) is 4.41. The lowest BCUT2D eigenvalue weighted by molar-refractivity contribution is 0.736. The number of thioether (sulfide) groups is 1.